The van der Waals surface area contributed by atoms with Crippen molar-refractivity contribution in [3.63, 3.8) is 0 Å². The molecule has 1 amide bonds. The minimum absolute atomic E-state index is 0.111. The minimum Gasteiger partial charge on any atom is -0.333 e. The predicted molar refractivity (Wildman–Crippen MR) is 74.7 cm³/mol. The lowest BCUT2D eigenvalue weighted by Crippen LogP contribution is -2.35. The van der Waals surface area contributed by atoms with E-state index in [9.17, 15) is 4.79 Å². The van der Waals surface area contributed by atoms with E-state index in [1.807, 2.05) is 35.4 Å². The van der Waals surface area contributed by atoms with Gasteiger partial charge in [0.1, 0.15) is 0 Å². The monoisotopic (exact) mass is 322 g/mol. The molecule has 3 heterocycles. The fourth-order valence-corrected chi connectivity index (χ4v) is 3.48. The number of carbonyl (C=O) groups is 1. The number of amides is 1. The number of rotatable bonds is 1. The zero-order valence-electron chi connectivity index (χ0n) is 9.60. The van der Waals surface area contributed by atoms with E-state index in [1.54, 1.807) is 0 Å². The topological polar surface area (TPSA) is 33.2 Å². The first-order valence-electron chi connectivity index (χ1n) is 5.71. The molecule has 0 fully saturated rings. The van der Waals surface area contributed by atoms with E-state index in [2.05, 4.69) is 20.9 Å². The number of pyridine rings is 1. The first-order valence-corrected chi connectivity index (χ1v) is 7.32. The zero-order valence-corrected chi connectivity index (χ0v) is 12.0. The molecule has 0 saturated carbocycles. The molecule has 0 bridgehead atoms. The minimum atomic E-state index is 0.111. The number of hydrogen-bond acceptors (Lipinski definition) is 3. The Morgan fingerprint density at radius 3 is 3.06 bits per heavy atom. The SMILES string of the molecule is O=C(c1ccc(Br)s1)N1CCc2ncccc2C1. The molecule has 1 aliphatic rings. The second kappa shape index (κ2) is 4.82. The molecule has 0 saturated heterocycles. The van der Waals surface area contributed by atoms with Gasteiger partial charge < -0.3 is 4.90 Å². The van der Waals surface area contributed by atoms with Crippen LogP contribution in [-0.4, -0.2) is 22.3 Å². The highest BCUT2D eigenvalue weighted by Gasteiger charge is 2.23. The highest BCUT2D eigenvalue weighted by atomic mass is 79.9. The van der Waals surface area contributed by atoms with Gasteiger partial charge in [0.25, 0.3) is 5.91 Å². The van der Waals surface area contributed by atoms with Crippen molar-refractivity contribution in [2.45, 2.75) is 13.0 Å². The van der Waals surface area contributed by atoms with Gasteiger partial charge in [0.05, 0.1) is 8.66 Å². The number of nitrogens with zero attached hydrogens (tertiary/aromatic N) is 2. The second-order valence-electron chi connectivity index (χ2n) is 4.19. The summed E-state index contributed by atoms with van der Waals surface area (Å²) in [4.78, 5) is 19.3. The molecule has 3 nitrogen and oxygen atoms in total. The molecule has 18 heavy (non-hydrogen) atoms. The Balaban J connectivity index is 1.82. The highest BCUT2D eigenvalue weighted by Crippen LogP contribution is 2.25. The van der Waals surface area contributed by atoms with Crippen molar-refractivity contribution in [3.05, 3.63) is 50.4 Å². The van der Waals surface area contributed by atoms with Gasteiger partial charge in [-0.2, -0.15) is 0 Å². The van der Waals surface area contributed by atoms with E-state index in [4.69, 9.17) is 0 Å². The largest absolute Gasteiger partial charge is 0.333 e. The maximum Gasteiger partial charge on any atom is 0.264 e. The van der Waals surface area contributed by atoms with Gasteiger partial charge in [-0.25, -0.2) is 0 Å². The molecule has 0 aromatic carbocycles. The van der Waals surface area contributed by atoms with Crippen LogP contribution in [-0.2, 0) is 13.0 Å². The molecule has 0 spiro atoms. The van der Waals surface area contributed by atoms with Crippen LogP contribution >= 0.6 is 27.3 Å². The molecular formula is C13H11BrN2OS. The van der Waals surface area contributed by atoms with Crippen molar-refractivity contribution in [2.75, 3.05) is 6.54 Å². The third-order valence-electron chi connectivity index (χ3n) is 3.04. The summed E-state index contributed by atoms with van der Waals surface area (Å²) in [5.41, 5.74) is 2.28. The fourth-order valence-electron chi connectivity index (χ4n) is 2.12. The lowest BCUT2D eigenvalue weighted by atomic mass is 10.1. The molecular weight excluding hydrogens is 312 g/mol. The van der Waals surface area contributed by atoms with E-state index in [0.29, 0.717) is 6.54 Å². The number of hydrogen-bond donors (Lipinski definition) is 0. The maximum absolute atomic E-state index is 12.3. The van der Waals surface area contributed by atoms with Gasteiger partial charge in [0.15, 0.2) is 0 Å². The van der Waals surface area contributed by atoms with Crippen LogP contribution in [0.2, 0.25) is 0 Å². The van der Waals surface area contributed by atoms with Gasteiger partial charge in [-0.15, -0.1) is 11.3 Å². The Labute approximate surface area is 118 Å². The second-order valence-corrected chi connectivity index (χ2v) is 6.65. The van der Waals surface area contributed by atoms with Gasteiger partial charge in [0.2, 0.25) is 0 Å². The van der Waals surface area contributed by atoms with E-state index >= 15 is 0 Å². The third kappa shape index (κ3) is 2.20. The summed E-state index contributed by atoms with van der Waals surface area (Å²) < 4.78 is 0.991. The van der Waals surface area contributed by atoms with E-state index < -0.39 is 0 Å². The number of aromatic nitrogens is 1. The first-order chi connectivity index (χ1) is 8.74. The molecule has 1 aliphatic heterocycles. The van der Waals surface area contributed by atoms with E-state index in [-0.39, 0.29) is 5.91 Å². The summed E-state index contributed by atoms with van der Waals surface area (Å²) in [7, 11) is 0. The van der Waals surface area contributed by atoms with E-state index in [0.717, 1.165) is 32.9 Å². The lowest BCUT2D eigenvalue weighted by Gasteiger charge is -2.27. The van der Waals surface area contributed by atoms with Crippen molar-refractivity contribution in [1.29, 1.82) is 0 Å². The Morgan fingerprint density at radius 1 is 1.39 bits per heavy atom. The Bertz CT molecular complexity index is 596. The van der Waals surface area contributed by atoms with Gasteiger partial charge >= 0.3 is 0 Å². The standard InChI is InChI=1S/C13H11BrN2OS/c14-12-4-3-11(18-12)13(17)16-7-5-10-9(8-16)2-1-6-15-10/h1-4,6H,5,7-8H2. The Morgan fingerprint density at radius 2 is 2.28 bits per heavy atom. The zero-order chi connectivity index (χ0) is 12.5. The number of halogens is 1. The van der Waals surface area contributed by atoms with Crippen molar-refractivity contribution in [3.8, 4) is 0 Å². The lowest BCUT2D eigenvalue weighted by molar-refractivity contribution is 0.0738. The average molecular weight is 323 g/mol. The number of fused-ring (bicyclic) bond motifs is 1. The van der Waals surface area contributed by atoms with Gasteiger partial charge in [-0.3, -0.25) is 9.78 Å². The van der Waals surface area contributed by atoms with Crippen LogP contribution in [0.4, 0.5) is 0 Å². The summed E-state index contributed by atoms with van der Waals surface area (Å²) in [5, 5.41) is 0. The van der Waals surface area contributed by atoms with Gasteiger partial charge in [0, 0.05) is 31.4 Å². The third-order valence-corrected chi connectivity index (χ3v) is 4.65. The average Bonchev–Trinajstić information content (AvgIpc) is 2.84. The van der Waals surface area contributed by atoms with Crippen LogP contribution in [0.5, 0.6) is 0 Å². The smallest absolute Gasteiger partial charge is 0.264 e. The summed E-state index contributed by atoms with van der Waals surface area (Å²) in [6.07, 6.45) is 2.65. The molecule has 2 aromatic rings. The van der Waals surface area contributed by atoms with Crippen molar-refractivity contribution < 1.29 is 4.79 Å². The Hall–Kier alpha value is -1.20. The molecule has 0 unspecified atom stereocenters. The highest BCUT2D eigenvalue weighted by molar-refractivity contribution is 9.11. The summed E-state index contributed by atoms with van der Waals surface area (Å²) in [6.45, 7) is 1.41. The van der Waals surface area contributed by atoms with E-state index in [1.165, 1.54) is 11.3 Å². The molecule has 92 valence electrons. The summed E-state index contributed by atoms with van der Waals surface area (Å²) >= 11 is 4.87. The van der Waals surface area contributed by atoms with Crippen molar-refractivity contribution >= 4 is 33.2 Å². The molecule has 0 N–H and O–H groups in total. The van der Waals surface area contributed by atoms with Crippen LogP contribution in [0.3, 0.4) is 0 Å². The van der Waals surface area contributed by atoms with Gasteiger partial charge in [-0.1, -0.05) is 6.07 Å². The van der Waals surface area contributed by atoms with Crippen LogP contribution in [0, 0.1) is 0 Å². The van der Waals surface area contributed by atoms with Gasteiger partial charge in [-0.05, 0) is 39.7 Å². The van der Waals surface area contributed by atoms with Crippen LogP contribution < -0.4 is 0 Å². The fraction of sp³-hybridized carbons (Fsp3) is 0.231. The number of carbonyl (C=O) groups excluding carboxylic acids is 1. The van der Waals surface area contributed by atoms with Crippen LogP contribution in [0.25, 0.3) is 0 Å². The maximum atomic E-state index is 12.3. The quantitative estimate of drug-likeness (QED) is 0.808. The molecule has 3 rings (SSSR count). The van der Waals surface area contributed by atoms with Crippen LogP contribution in [0.15, 0.2) is 34.2 Å². The number of thiophene rings is 1. The first kappa shape index (κ1) is 11.9. The summed E-state index contributed by atoms with van der Waals surface area (Å²) in [5.74, 6) is 0.111. The molecule has 2 aromatic heterocycles. The van der Waals surface area contributed by atoms with Crippen molar-refractivity contribution in [2.24, 2.45) is 0 Å². The predicted octanol–water partition coefficient (Wildman–Crippen LogP) is 3.10. The molecule has 0 aliphatic carbocycles. The summed E-state index contributed by atoms with van der Waals surface area (Å²) in [6, 6.07) is 7.76. The Kier molecular flexibility index (Phi) is 3.18. The molecule has 5 heteroatoms. The van der Waals surface area contributed by atoms with Crippen LogP contribution in [0.1, 0.15) is 20.9 Å². The normalized spacial score (nSPS) is 14.4. The molecule has 0 radical (unpaired) electrons. The van der Waals surface area contributed by atoms with Crippen molar-refractivity contribution in [1.82, 2.24) is 9.88 Å². The molecule has 0 atom stereocenters.